The van der Waals surface area contributed by atoms with Crippen LogP contribution in [0.1, 0.15) is 37.1 Å². The molecule has 1 aliphatic rings. The lowest BCUT2D eigenvalue weighted by molar-refractivity contribution is -0.122. The summed E-state index contributed by atoms with van der Waals surface area (Å²) in [7, 11) is 4.11. The molecule has 0 aromatic carbocycles. The van der Waals surface area contributed by atoms with Crippen LogP contribution in [-0.4, -0.2) is 43.4 Å². The summed E-state index contributed by atoms with van der Waals surface area (Å²) in [6.07, 6.45) is 2.79. The van der Waals surface area contributed by atoms with Gasteiger partial charge in [0.05, 0.1) is 12.5 Å². The maximum absolute atomic E-state index is 12.2. The molecular weight excluding hydrogens is 298 g/mol. The fourth-order valence-corrected chi connectivity index (χ4v) is 3.46. The van der Waals surface area contributed by atoms with E-state index >= 15 is 0 Å². The number of carbonyl (C=O) groups excluding carboxylic acids is 2. The normalized spacial score (nSPS) is 17.1. The largest absolute Gasteiger partial charge is 0.354 e. The van der Waals surface area contributed by atoms with Crippen LogP contribution in [0.3, 0.4) is 0 Å². The smallest absolute Gasteiger partial charge is 0.222 e. The lowest BCUT2D eigenvalue weighted by Gasteiger charge is -2.25. The highest BCUT2D eigenvalue weighted by atomic mass is 32.1. The Morgan fingerprint density at radius 2 is 2.14 bits per heavy atom. The quantitative estimate of drug-likeness (QED) is 0.766. The van der Waals surface area contributed by atoms with Crippen molar-refractivity contribution in [3.05, 3.63) is 22.4 Å². The van der Waals surface area contributed by atoms with Crippen LogP contribution in [0.5, 0.6) is 0 Å². The summed E-state index contributed by atoms with van der Waals surface area (Å²) in [5.74, 6) is 0.578. The van der Waals surface area contributed by atoms with Crippen molar-refractivity contribution in [1.29, 1.82) is 0 Å². The van der Waals surface area contributed by atoms with Gasteiger partial charge < -0.3 is 15.5 Å². The molecule has 5 nitrogen and oxygen atoms in total. The Morgan fingerprint density at radius 3 is 2.64 bits per heavy atom. The average molecular weight is 323 g/mol. The number of nitrogens with zero attached hydrogens (tertiary/aromatic N) is 1. The second kappa shape index (κ2) is 7.74. The van der Waals surface area contributed by atoms with E-state index in [1.54, 1.807) is 11.3 Å². The van der Waals surface area contributed by atoms with Crippen LogP contribution < -0.4 is 10.6 Å². The van der Waals surface area contributed by atoms with E-state index in [4.69, 9.17) is 0 Å². The van der Waals surface area contributed by atoms with Gasteiger partial charge in [0.25, 0.3) is 0 Å². The highest BCUT2D eigenvalue weighted by molar-refractivity contribution is 7.10. The summed E-state index contributed by atoms with van der Waals surface area (Å²) in [5.41, 5.74) is 0. The Labute approximate surface area is 136 Å². The van der Waals surface area contributed by atoms with Crippen LogP contribution in [-0.2, 0) is 9.59 Å². The maximum atomic E-state index is 12.2. The second-order valence-electron chi connectivity index (χ2n) is 6.15. The molecule has 0 radical (unpaired) electrons. The van der Waals surface area contributed by atoms with Crippen molar-refractivity contribution in [2.45, 2.75) is 38.3 Å². The number of hydrogen-bond acceptors (Lipinski definition) is 4. The minimum atomic E-state index is -0.240. The van der Waals surface area contributed by atoms with E-state index < -0.39 is 0 Å². The fourth-order valence-electron chi connectivity index (χ4n) is 2.69. The van der Waals surface area contributed by atoms with Gasteiger partial charge in [-0.3, -0.25) is 9.59 Å². The van der Waals surface area contributed by atoms with Gasteiger partial charge in [-0.05, 0) is 44.3 Å². The lowest BCUT2D eigenvalue weighted by Crippen LogP contribution is -2.42. The Balaban J connectivity index is 1.86. The summed E-state index contributed by atoms with van der Waals surface area (Å²) in [4.78, 5) is 26.8. The number of carbonyl (C=O) groups is 2. The topological polar surface area (TPSA) is 61.4 Å². The highest BCUT2D eigenvalue weighted by Crippen LogP contribution is 2.34. The molecule has 0 aliphatic heterocycles. The molecule has 0 saturated heterocycles. The van der Waals surface area contributed by atoms with Gasteiger partial charge in [0.1, 0.15) is 0 Å². The highest BCUT2D eigenvalue weighted by Gasteiger charge is 2.32. The second-order valence-corrected chi connectivity index (χ2v) is 7.12. The zero-order valence-corrected chi connectivity index (χ0v) is 14.3. The molecular formula is C16H25N3O2S. The van der Waals surface area contributed by atoms with Crippen molar-refractivity contribution in [3.63, 3.8) is 0 Å². The van der Waals surface area contributed by atoms with Crippen molar-refractivity contribution in [2.75, 3.05) is 20.6 Å². The Kier molecular flexibility index (Phi) is 5.97. The number of hydrogen-bond donors (Lipinski definition) is 2. The van der Waals surface area contributed by atoms with E-state index in [-0.39, 0.29) is 24.3 Å². The number of likely N-dealkylation sites (N-methyl/N-ethyl adjacent to an activating group) is 1. The summed E-state index contributed by atoms with van der Waals surface area (Å²) < 4.78 is 0. The van der Waals surface area contributed by atoms with Gasteiger partial charge in [-0.1, -0.05) is 6.07 Å². The predicted molar refractivity (Wildman–Crippen MR) is 88.7 cm³/mol. The van der Waals surface area contributed by atoms with E-state index in [0.717, 1.165) is 4.88 Å². The zero-order valence-electron chi connectivity index (χ0n) is 13.5. The number of amides is 2. The molecule has 1 aromatic heterocycles. The molecule has 6 heteroatoms. The third kappa shape index (κ3) is 5.10. The molecule has 2 rings (SSSR count). The van der Waals surface area contributed by atoms with Crippen LogP contribution >= 0.6 is 11.3 Å². The van der Waals surface area contributed by atoms with E-state index in [1.165, 1.54) is 19.8 Å². The molecule has 1 saturated carbocycles. The molecule has 1 fully saturated rings. The number of nitrogens with one attached hydrogen (secondary N) is 2. The molecule has 2 atom stereocenters. The van der Waals surface area contributed by atoms with Crippen LogP contribution in [0, 0.1) is 5.92 Å². The maximum Gasteiger partial charge on any atom is 0.222 e. The molecule has 0 bridgehead atoms. The van der Waals surface area contributed by atoms with Crippen molar-refractivity contribution in [2.24, 2.45) is 5.92 Å². The first-order chi connectivity index (χ1) is 10.5. The van der Waals surface area contributed by atoms with Gasteiger partial charge >= 0.3 is 0 Å². The van der Waals surface area contributed by atoms with E-state index in [0.29, 0.717) is 18.5 Å². The van der Waals surface area contributed by atoms with E-state index in [1.807, 2.05) is 17.5 Å². The van der Waals surface area contributed by atoms with Gasteiger partial charge in [-0.2, -0.15) is 0 Å². The van der Waals surface area contributed by atoms with Crippen molar-refractivity contribution in [1.82, 2.24) is 15.5 Å². The fraction of sp³-hybridized carbons (Fsp3) is 0.625. The SMILES string of the molecule is CC(=O)NC(CC(=O)NCC(C1CC1)N(C)C)c1cccs1. The lowest BCUT2D eigenvalue weighted by atomic mass is 10.1. The summed E-state index contributed by atoms with van der Waals surface area (Å²) in [6, 6.07) is 4.05. The van der Waals surface area contributed by atoms with Crippen LogP contribution in [0.2, 0.25) is 0 Å². The molecule has 0 spiro atoms. The number of rotatable bonds is 8. The van der Waals surface area contributed by atoms with Gasteiger partial charge in [-0.25, -0.2) is 0 Å². The molecule has 22 heavy (non-hydrogen) atoms. The molecule has 122 valence electrons. The number of thiophene rings is 1. The van der Waals surface area contributed by atoms with Crippen LogP contribution in [0.25, 0.3) is 0 Å². The van der Waals surface area contributed by atoms with Crippen molar-refractivity contribution in [3.8, 4) is 0 Å². The first-order valence-electron chi connectivity index (χ1n) is 7.71. The third-order valence-corrected chi connectivity index (χ3v) is 4.98. The van der Waals surface area contributed by atoms with E-state index in [9.17, 15) is 9.59 Å². The predicted octanol–water partition coefficient (Wildman–Crippen LogP) is 1.77. The zero-order chi connectivity index (χ0) is 16.1. The van der Waals surface area contributed by atoms with Crippen LogP contribution in [0.4, 0.5) is 0 Å². The van der Waals surface area contributed by atoms with Gasteiger partial charge in [-0.15, -0.1) is 11.3 Å². The average Bonchev–Trinajstić information content (AvgIpc) is 3.11. The standard InChI is InChI=1S/C16H25N3O2S/c1-11(20)18-13(15-5-4-8-22-15)9-16(21)17-10-14(19(2)3)12-6-7-12/h4-5,8,12-14H,6-7,9-10H2,1-3H3,(H,17,21)(H,18,20). The Hall–Kier alpha value is -1.40. The summed E-state index contributed by atoms with van der Waals surface area (Å²) >= 11 is 1.56. The Morgan fingerprint density at radius 1 is 1.41 bits per heavy atom. The Bertz CT molecular complexity index is 495. The molecule has 2 amide bonds. The minimum Gasteiger partial charge on any atom is -0.354 e. The monoisotopic (exact) mass is 323 g/mol. The van der Waals surface area contributed by atoms with Gasteiger partial charge in [0.15, 0.2) is 0 Å². The van der Waals surface area contributed by atoms with Crippen molar-refractivity contribution >= 4 is 23.2 Å². The summed E-state index contributed by atoms with van der Waals surface area (Å²) in [5, 5.41) is 7.84. The third-order valence-electron chi connectivity index (χ3n) is 3.99. The van der Waals surface area contributed by atoms with Crippen molar-refractivity contribution < 1.29 is 9.59 Å². The molecule has 1 heterocycles. The molecule has 2 unspecified atom stereocenters. The van der Waals surface area contributed by atoms with E-state index in [2.05, 4.69) is 29.6 Å². The molecule has 2 N–H and O–H groups in total. The summed E-state index contributed by atoms with van der Waals surface area (Å²) in [6.45, 7) is 2.15. The van der Waals surface area contributed by atoms with Crippen LogP contribution in [0.15, 0.2) is 17.5 Å². The van der Waals surface area contributed by atoms with Gasteiger partial charge in [0.2, 0.25) is 11.8 Å². The molecule has 1 aliphatic carbocycles. The molecule has 1 aromatic rings. The first-order valence-corrected chi connectivity index (χ1v) is 8.59. The first kappa shape index (κ1) is 17.0. The minimum absolute atomic E-state index is 0.0142. The van der Waals surface area contributed by atoms with Gasteiger partial charge in [0, 0.05) is 24.4 Å².